The summed E-state index contributed by atoms with van der Waals surface area (Å²) in [4.78, 5) is 31.6. The minimum Gasteiger partial charge on any atom is -0.443 e. The second kappa shape index (κ2) is 14.4. The van der Waals surface area contributed by atoms with Crippen molar-refractivity contribution in [1.29, 1.82) is 0 Å². The third-order valence-electron chi connectivity index (χ3n) is 7.42. The van der Waals surface area contributed by atoms with Crippen LogP contribution < -0.4 is 10.2 Å². The van der Waals surface area contributed by atoms with Crippen LogP contribution in [0, 0.1) is 0 Å². The average Bonchev–Trinajstić information content (AvgIpc) is 3.46. The molecule has 0 saturated heterocycles. The number of rotatable bonds is 4. The zero-order chi connectivity index (χ0) is 38.9. The lowest BCUT2D eigenvalue weighted by atomic mass is 9.95. The van der Waals surface area contributed by atoms with Gasteiger partial charge in [0, 0.05) is 12.0 Å². The van der Waals surface area contributed by atoms with Gasteiger partial charge in [0.25, 0.3) is 11.8 Å². The first-order valence-corrected chi connectivity index (χ1v) is 16.2. The molecule has 1 atom stereocenters. The molecule has 0 radical (unpaired) electrons. The van der Waals surface area contributed by atoms with E-state index < -0.39 is 94.5 Å². The number of ether oxygens (including phenoxy) is 3. The molecular weight excluding hydrogens is 700 g/mol. The maximum absolute atomic E-state index is 15.2. The van der Waals surface area contributed by atoms with Crippen molar-refractivity contribution in [3.05, 3.63) is 65.6 Å². The van der Waals surface area contributed by atoms with Crippen molar-refractivity contribution in [1.82, 2.24) is 15.2 Å². The molecule has 0 saturated carbocycles. The number of carbonyl (C=O) groups is 2. The number of alkyl halides is 6. The molecule has 4 bridgehead atoms. The van der Waals surface area contributed by atoms with Crippen LogP contribution in [0.3, 0.4) is 0 Å². The van der Waals surface area contributed by atoms with Crippen LogP contribution in [0.15, 0.2) is 53.0 Å². The molecule has 0 fully saturated rings. The largest absolute Gasteiger partial charge is 0.443 e. The van der Waals surface area contributed by atoms with Crippen LogP contribution in [-0.4, -0.2) is 50.3 Å². The maximum Gasteiger partial charge on any atom is 0.426 e. The van der Waals surface area contributed by atoms with Crippen molar-refractivity contribution in [3.63, 3.8) is 0 Å². The van der Waals surface area contributed by atoms with Crippen molar-refractivity contribution in [2.24, 2.45) is 0 Å². The number of allylic oxidation sites excluding steroid dienone is 1. The van der Waals surface area contributed by atoms with E-state index in [1.165, 1.54) is 53.7 Å². The van der Waals surface area contributed by atoms with Gasteiger partial charge in [-0.15, -0.1) is 10.2 Å². The van der Waals surface area contributed by atoms with E-state index in [0.29, 0.717) is 11.6 Å². The second-order valence-electron chi connectivity index (χ2n) is 14.8. The number of pyridine rings is 1. The first-order chi connectivity index (χ1) is 23.8. The third kappa shape index (κ3) is 9.60. The van der Waals surface area contributed by atoms with Crippen LogP contribution in [-0.2, 0) is 32.6 Å². The summed E-state index contributed by atoms with van der Waals surface area (Å²) in [6.45, 7) is 11.3. The number of hydrogen-bond acceptors (Lipinski definition) is 10. The van der Waals surface area contributed by atoms with Gasteiger partial charge in [-0.25, -0.2) is 14.6 Å². The standard InChI is InChI=1S/C35H41F6N5O6/c1-30(2,3)51-28(47)46(29(48)52-31(4,5)6)23-19-22(34(36,37)38)25-42-24(23)26-44-45-27(50-26)33(35(39,40)41,49-20-21-15-11-9-12-16-21)18-14-10-13-17-32(7,8)43-25/h9-12,14-16,19H,13,17-18,20H2,1-8H3,(H,42,43)/b14-10-/t33-/m0/s1. The predicted octanol–water partition coefficient (Wildman–Crippen LogP) is 9.73. The number of carbonyl (C=O) groups excluding carboxylic acids is 2. The minimum atomic E-state index is -5.17. The maximum atomic E-state index is 15.2. The number of halogens is 6. The van der Waals surface area contributed by atoms with Crippen molar-refractivity contribution in [2.75, 3.05) is 10.2 Å². The first kappa shape index (κ1) is 40.1. The van der Waals surface area contributed by atoms with Crippen LogP contribution in [0.5, 0.6) is 0 Å². The Labute approximate surface area is 296 Å². The Morgan fingerprint density at radius 3 is 2.04 bits per heavy atom. The van der Waals surface area contributed by atoms with Gasteiger partial charge in [0.1, 0.15) is 17.0 Å². The minimum absolute atomic E-state index is 0.138. The van der Waals surface area contributed by atoms with E-state index in [9.17, 15) is 22.8 Å². The fraction of sp³-hybridized carbons (Fsp3) is 0.514. The van der Waals surface area contributed by atoms with Crippen LogP contribution in [0.1, 0.15) is 91.7 Å². The predicted molar refractivity (Wildman–Crippen MR) is 177 cm³/mol. The molecule has 0 unspecified atom stereocenters. The van der Waals surface area contributed by atoms with Crippen LogP contribution in [0.4, 0.5) is 47.4 Å². The summed E-state index contributed by atoms with van der Waals surface area (Å²) in [5.74, 6) is -2.75. The summed E-state index contributed by atoms with van der Waals surface area (Å²) < 4.78 is 112. The number of imide groups is 1. The molecule has 3 aromatic rings. The number of benzene rings is 1. The third-order valence-corrected chi connectivity index (χ3v) is 7.42. The fourth-order valence-electron chi connectivity index (χ4n) is 5.01. The number of nitrogens with zero attached hydrogens (tertiary/aromatic N) is 4. The highest BCUT2D eigenvalue weighted by Crippen LogP contribution is 2.47. The number of fused-ring (bicyclic) bond motifs is 5. The molecule has 1 N–H and O–H groups in total. The second-order valence-corrected chi connectivity index (χ2v) is 14.8. The van der Waals surface area contributed by atoms with Gasteiger partial charge in [-0.05, 0) is 79.9 Å². The van der Waals surface area contributed by atoms with Gasteiger partial charge in [0.05, 0.1) is 17.9 Å². The van der Waals surface area contributed by atoms with Gasteiger partial charge in [-0.2, -0.15) is 31.2 Å². The van der Waals surface area contributed by atoms with E-state index in [-0.39, 0.29) is 17.7 Å². The summed E-state index contributed by atoms with van der Waals surface area (Å²) >= 11 is 0. The fourth-order valence-corrected chi connectivity index (χ4v) is 5.01. The molecule has 11 nitrogen and oxygen atoms in total. The van der Waals surface area contributed by atoms with Crippen molar-refractivity contribution >= 4 is 23.7 Å². The molecule has 0 spiro atoms. The van der Waals surface area contributed by atoms with E-state index >= 15 is 13.2 Å². The highest BCUT2D eigenvalue weighted by Gasteiger charge is 2.61. The normalized spacial score (nSPS) is 18.8. The molecule has 17 heteroatoms. The van der Waals surface area contributed by atoms with Crippen molar-refractivity contribution < 1.29 is 54.6 Å². The Bertz CT molecular complexity index is 1750. The molecule has 1 aliphatic heterocycles. The lowest BCUT2D eigenvalue weighted by Crippen LogP contribution is -2.45. The van der Waals surface area contributed by atoms with Gasteiger partial charge < -0.3 is 23.9 Å². The molecule has 4 rings (SSSR count). The number of anilines is 2. The summed E-state index contributed by atoms with van der Waals surface area (Å²) in [5.41, 5.74) is -9.61. The van der Waals surface area contributed by atoms with E-state index in [0.717, 1.165) is 0 Å². The molecule has 2 aromatic heterocycles. The highest BCUT2D eigenvalue weighted by molar-refractivity contribution is 6.11. The molecule has 1 aromatic carbocycles. The zero-order valence-electron chi connectivity index (χ0n) is 30.0. The average molecular weight is 742 g/mol. The monoisotopic (exact) mass is 741 g/mol. The van der Waals surface area contributed by atoms with E-state index in [4.69, 9.17) is 18.6 Å². The quantitative estimate of drug-likeness (QED) is 0.204. The Hall–Kier alpha value is -4.67. The number of nitrogens with one attached hydrogen (secondary N) is 1. The lowest BCUT2D eigenvalue weighted by molar-refractivity contribution is -0.295. The van der Waals surface area contributed by atoms with Crippen molar-refractivity contribution in [2.45, 2.75) is 116 Å². The molecule has 2 amide bonds. The van der Waals surface area contributed by atoms with Crippen LogP contribution in [0.25, 0.3) is 11.6 Å². The van der Waals surface area contributed by atoms with Gasteiger partial charge in [-0.1, -0.05) is 42.5 Å². The molecule has 284 valence electrons. The first-order valence-electron chi connectivity index (χ1n) is 16.2. The van der Waals surface area contributed by atoms with E-state index in [1.807, 2.05) is 0 Å². The smallest absolute Gasteiger partial charge is 0.426 e. The molecular formula is C35H41F6N5O6. The van der Waals surface area contributed by atoms with Crippen LogP contribution >= 0.6 is 0 Å². The SMILES string of the molecule is CC1(C)CC/C=C\C[C@@](OCc2ccccc2)(C(F)(F)F)c2nnc(o2)-c2nc(c(C(F)(F)F)cc2N(C(=O)OC(C)(C)C)C(=O)OC(C)(C)C)N1. The van der Waals surface area contributed by atoms with E-state index in [1.54, 1.807) is 44.2 Å². The molecule has 3 heterocycles. The lowest BCUT2D eigenvalue weighted by Gasteiger charge is -2.32. The summed E-state index contributed by atoms with van der Waals surface area (Å²) in [6, 6.07) is 8.44. The molecule has 0 aliphatic carbocycles. The molecule has 52 heavy (non-hydrogen) atoms. The molecule has 1 aliphatic rings. The number of hydrogen-bond donors (Lipinski definition) is 1. The summed E-state index contributed by atoms with van der Waals surface area (Å²) in [5, 5.41) is 10.2. The van der Waals surface area contributed by atoms with Gasteiger partial charge in [0.15, 0.2) is 5.69 Å². The Morgan fingerprint density at radius 1 is 0.904 bits per heavy atom. The van der Waals surface area contributed by atoms with Gasteiger partial charge in [-0.3, -0.25) is 0 Å². The van der Waals surface area contributed by atoms with E-state index in [2.05, 4.69) is 20.5 Å². The number of aromatic nitrogens is 3. The van der Waals surface area contributed by atoms with Gasteiger partial charge in [0.2, 0.25) is 5.60 Å². The van der Waals surface area contributed by atoms with Crippen molar-refractivity contribution in [3.8, 4) is 11.6 Å². The zero-order valence-corrected chi connectivity index (χ0v) is 30.0. The topological polar surface area (TPSA) is 129 Å². The van der Waals surface area contributed by atoms with Gasteiger partial charge >= 0.3 is 24.5 Å². The Balaban J connectivity index is 2.07. The summed E-state index contributed by atoms with van der Waals surface area (Å²) in [7, 11) is 0. The number of amides is 2. The Morgan fingerprint density at radius 2 is 1.50 bits per heavy atom. The van der Waals surface area contributed by atoms with Crippen LogP contribution in [0.2, 0.25) is 0 Å². The highest BCUT2D eigenvalue weighted by atomic mass is 19.4. The Kier molecular flexibility index (Phi) is 11.1. The summed E-state index contributed by atoms with van der Waals surface area (Å²) in [6.07, 6.45) is -11.1.